The lowest BCUT2D eigenvalue weighted by Gasteiger charge is -2.39. The van der Waals surface area contributed by atoms with Crippen molar-refractivity contribution in [3.63, 3.8) is 0 Å². The van der Waals surface area contributed by atoms with Crippen molar-refractivity contribution in [3.8, 4) is 0 Å². The van der Waals surface area contributed by atoms with Crippen molar-refractivity contribution in [1.82, 2.24) is 0 Å². The maximum absolute atomic E-state index is 6.70. The molecule has 0 spiro atoms. The number of benzene rings is 1. The fourth-order valence-electron chi connectivity index (χ4n) is 4.23. The van der Waals surface area contributed by atoms with Gasteiger partial charge in [-0.15, -0.1) is 0 Å². The minimum atomic E-state index is 0.0796. The van der Waals surface area contributed by atoms with Gasteiger partial charge in [0.15, 0.2) is 0 Å². The van der Waals surface area contributed by atoms with Crippen molar-refractivity contribution in [2.45, 2.75) is 71.0 Å². The second kappa shape index (κ2) is 5.76. The normalized spacial score (nSPS) is 39.5. The van der Waals surface area contributed by atoms with Crippen LogP contribution < -0.4 is 0 Å². The number of hydrogen-bond donors (Lipinski definition) is 0. The Labute approximate surface area is 130 Å². The van der Waals surface area contributed by atoms with Crippen molar-refractivity contribution in [3.05, 3.63) is 35.9 Å². The molecule has 1 heteroatoms. The molecule has 21 heavy (non-hydrogen) atoms. The highest BCUT2D eigenvalue weighted by molar-refractivity contribution is 5.30. The zero-order valence-corrected chi connectivity index (χ0v) is 14.0. The van der Waals surface area contributed by atoms with Crippen LogP contribution in [0.4, 0.5) is 0 Å². The summed E-state index contributed by atoms with van der Waals surface area (Å²) < 4.78 is 6.70. The molecule has 1 aromatic carbocycles. The summed E-state index contributed by atoms with van der Waals surface area (Å²) in [6.45, 7) is 9.43. The van der Waals surface area contributed by atoms with Gasteiger partial charge in [0.25, 0.3) is 0 Å². The minimum absolute atomic E-state index is 0.0796. The molecule has 2 aliphatic rings. The van der Waals surface area contributed by atoms with E-state index in [2.05, 4.69) is 58.0 Å². The Morgan fingerprint density at radius 1 is 1.14 bits per heavy atom. The van der Waals surface area contributed by atoms with Crippen molar-refractivity contribution < 1.29 is 4.74 Å². The molecule has 0 radical (unpaired) electrons. The van der Waals surface area contributed by atoms with Crippen molar-refractivity contribution >= 4 is 0 Å². The summed E-state index contributed by atoms with van der Waals surface area (Å²) in [5, 5.41) is 0. The summed E-state index contributed by atoms with van der Waals surface area (Å²) in [6, 6.07) is 10.9. The molecular weight excluding hydrogens is 256 g/mol. The van der Waals surface area contributed by atoms with Crippen LogP contribution in [0.3, 0.4) is 0 Å². The largest absolute Gasteiger partial charge is 0.371 e. The van der Waals surface area contributed by atoms with Crippen LogP contribution in [0.2, 0.25) is 0 Å². The molecule has 2 saturated carbocycles. The Kier molecular flexibility index (Phi) is 4.14. The van der Waals surface area contributed by atoms with Gasteiger partial charge in [-0.25, -0.2) is 0 Å². The van der Waals surface area contributed by atoms with Crippen molar-refractivity contribution in [1.29, 1.82) is 0 Å². The monoisotopic (exact) mass is 286 g/mol. The fraction of sp³-hybridized carbons (Fsp3) is 0.700. The Morgan fingerprint density at radius 2 is 1.86 bits per heavy atom. The summed E-state index contributed by atoms with van der Waals surface area (Å²) in [5.74, 6) is 2.90. The van der Waals surface area contributed by atoms with Crippen molar-refractivity contribution in [2.75, 3.05) is 0 Å². The van der Waals surface area contributed by atoms with Crippen LogP contribution in [0.15, 0.2) is 30.3 Å². The molecule has 1 aromatic rings. The van der Waals surface area contributed by atoms with E-state index < -0.39 is 0 Å². The smallest absolute Gasteiger partial charge is 0.0734 e. The van der Waals surface area contributed by atoms with Gasteiger partial charge in [0.1, 0.15) is 0 Å². The van der Waals surface area contributed by atoms with Gasteiger partial charge in [0.2, 0.25) is 0 Å². The van der Waals surface area contributed by atoms with E-state index in [1.165, 1.54) is 31.2 Å². The molecule has 5 unspecified atom stereocenters. The van der Waals surface area contributed by atoms with Gasteiger partial charge in [0.05, 0.1) is 11.7 Å². The lowest BCUT2D eigenvalue weighted by atomic mass is 9.75. The second-order valence-corrected chi connectivity index (χ2v) is 7.96. The van der Waals surface area contributed by atoms with Crippen LogP contribution >= 0.6 is 0 Å². The third-order valence-corrected chi connectivity index (χ3v) is 5.77. The number of rotatable bonds is 4. The zero-order chi connectivity index (χ0) is 15.0. The topological polar surface area (TPSA) is 9.23 Å². The predicted octanol–water partition coefficient (Wildman–Crippen LogP) is 5.41. The van der Waals surface area contributed by atoms with Crippen LogP contribution in [-0.2, 0) is 4.74 Å². The fourth-order valence-corrected chi connectivity index (χ4v) is 4.23. The maximum Gasteiger partial charge on any atom is 0.0734 e. The molecule has 2 aliphatic carbocycles. The summed E-state index contributed by atoms with van der Waals surface area (Å²) in [4.78, 5) is 0. The van der Waals surface area contributed by atoms with Crippen LogP contribution in [0.1, 0.15) is 64.9 Å². The molecular formula is C20H30O. The van der Waals surface area contributed by atoms with E-state index in [1.807, 2.05) is 0 Å². The van der Waals surface area contributed by atoms with Gasteiger partial charge < -0.3 is 4.74 Å². The number of hydrogen-bond acceptors (Lipinski definition) is 1. The molecule has 0 bridgehead atoms. The summed E-state index contributed by atoms with van der Waals surface area (Å²) in [5.41, 5.74) is 1.53. The third-order valence-electron chi connectivity index (χ3n) is 5.77. The molecule has 0 saturated heterocycles. The molecule has 3 rings (SSSR count). The first-order valence-corrected chi connectivity index (χ1v) is 8.72. The average molecular weight is 286 g/mol. The van der Waals surface area contributed by atoms with E-state index in [1.54, 1.807) is 0 Å². The highest BCUT2D eigenvalue weighted by Crippen LogP contribution is 2.56. The first kappa shape index (κ1) is 15.1. The van der Waals surface area contributed by atoms with Gasteiger partial charge >= 0.3 is 0 Å². The van der Waals surface area contributed by atoms with E-state index in [-0.39, 0.29) is 5.60 Å². The molecule has 0 N–H and O–H groups in total. The molecule has 0 amide bonds. The van der Waals surface area contributed by atoms with Crippen LogP contribution in [-0.4, -0.2) is 11.7 Å². The molecule has 0 aliphatic heterocycles. The summed E-state index contributed by atoms with van der Waals surface area (Å²) >= 11 is 0. The molecule has 2 fully saturated rings. The average Bonchev–Trinajstić information content (AvgIpc) is 3.11. The van der Waals surface area contributed by atoms with E-state index in [0.29, 0.717) is 12.0 Å². The SMILES string of the molecule is CC1CCC(C(C)C)C(OC2(C)CC2c2ccccc2)C1. The van der Waals surface area contributed by atoms with E-state index in [9.17, 15) is 0 Å². The van der Waals surface area contributed by atoms with Crippen LogP contribution in [0.5, 0.6) is 0 Å². The Morgan fingerprint density at radius 3 is 2.52 bits per heavy atom. The molecule has 116 valence electrons. The minimum Gasteiger partial charge on any atom is -0.371 e. The highest BCUT2D eigenvalue weighted by atomic mass is 16.5. The quantitative estimate of drug-likeness (QED) is 0.719. The maximum atomic E-state index is 6.70. The van der Waals surface area contributed by atoms with Gasteiger partial charge in [-0.2, -0.15) is 0 Å². The Bertz CT molecular complexity index is 466. The Balaban J connectivity index is 1.68. The van der Waals surface area contributed by atoms with Gasteiger partial charge in [-0.05, 0) is 49.5 Å². The van der Waals surface area contributed by atoms with Gasteiger partial charge in [-0.1, -0.05) is 57.5 Å². The van der Waals surface area contributed by atoms with E-state index in [4.69, 9.17) is 4.74 Å². The summed E-state index contributed by atoms with van der Waals surface area (Å²) in [7, 11) is 0. The first-order chi connectivity index (χ1) is 9.99. The zero-order valence-electron chi connectivity index (χ0n) is 14.0. The molecule has 5 atom stereocenters. The lowest BCUT2D eigenvalue weighted by Crippen LogP contribution is -2.37. The third kappa shape index (κ3) is 3.18. The number of ether oxygens (including phenoxy) is 1. The lowest BCUT2D eigenvalue weighted by molar-refractivity contribution is -0.0885. The van der Waals surface area contributed by atoms with Gasteiger partial charge in [-0.3, -0.25) is 0 Å². The van der Waals surface area contributed by atoms with Gasteiger partial charge in [0, 0.05) is 5.92 Å². The van der Waals surface area contributed by atoms with Crippen LogP contribution in [0.25, 0.3) is 0 Å². The molecule has 0 aromatic heterocycles. The Hall–Kier alpha value is -0.820. The van der Waals surface area contributed by atoms with Crippen LogP contribution in [0, 0.1) is 17.8 Å². The second-order valence-electron chi connectivity index (χ2n) is 7.96. The van der Waals surface area contributed by atoms with E-state index in [0.717, 1.165) is 17.8 Å². The first-order valence-electron chi connectivity index (χ1n) is 8.72. The van der Waals surface area contributed by atoms with Crippen molar-refractivity contribution in [2.24, 2.45) is 17.8 Å². The standard InChI is InChI=1S/C20H30O/c1-14(2)17-11-10-15(3)12-19(17)21-20(4)13-18(20)16-8-6-5-7-9-16/h5-9,14-15,17-19H,10-13H2,1-4H3. The molecule has 0 heterocycles. The predicted molar refractivity (Wildman–Crippen MR) is 88.4 cm³/mol. The highest BCUT2D eigenvalue weighted by Gasteiger charge is 2.54. The summed E-state index contributed by atoms with van der Waals surface area (Å²) in [6.07, 6.45) is 5.62. The molecule has 1 nitrogen and oxygen atoms in total. The van der Waals surface area contributed by atoms with E-state index >= 15 is 0 Å².